The summed E-state index contributed by atoms with van der Waals surface area (Å²) in [6.07, 6.45) is 5.12. The maximum atomic E-state index is 5.80. The van der Waals surface area contributed by atoms with E-state index in [1.165, 1.54) is 22.5 Å². The quantitative estimate of drug-likeness (QED) is 0.523. The standard InChI is InChI=1S/C19H18N4O2S/c1-2-9-16-13(6-1)20-19(26-16)14-7-3-4-10-23(14)12-17-21-22-18(25-17)15-8-5-11-24-15/h1-2,5-6,8-9,11,14H,3-4,7,10,12H2/t14-/m0/s1. The number of benzene rings is 1. The first kappa shape index (κ1) is 15.7. The van der Waals surface area contributed by atoms with Gasteiger partial charge in [0.25, 0.3) is 5.89 Å². The summed E-state index contributed by atoms with van der Waals surface area (Å²) in [7, 11) is 0. The molecule has 0 saturated carbocycles. The fourth-order valence-electron chi connectivity index (χ4n) is 3.48. The van der Waals surface area contributed by atoms with Crippen LogP contribution in [0.25, 0.3) is 21.9 Å². The Kier molecular flexibility index (Phi) is 4.03. The molecule has 4 aromatic rings. The number of furan rings is 1. The normalized spacial score (nSPS) is 18.5. The lowest BCUT2D eigenvalue weighted by molar-refractivity contribution is 0.128. The minimum absolute atomic E-state index is 0.306. The van der Waals surface area contributed by atoms with Crippen LogP contribution < -0.4 is 0 Å². The average Bonchev–Trinajstić information content (AvgIpc) is 3.42. The van der Waals surface area contributed by atoms with Crippen molar-refractivity contribution in [2.45, 2.75) is 31.8 Å². The van der Waals surface area contributed by atoms with Crippen LogP contribution in [0.1, 0.15) is 36.2 Å². The van der Waals surface area contributed by atoms with Gasteiger partial charge in [-0.1, -0.05) is 18.6 Å². The van der Waals surface area contributed by atoms with Crippen LogP contribution in [0.2, 0.25) is 0 Å². The van der Waals surface area contributed by atoms with Crippen molar-refractivity contribution in [3.8, 4) is 11.7 Å². The molecule has 0 radical (unpaired) electrons. The van der Waals surface area contributed by atoms with E-state index in [-0.39, 0.29) is 0 Å². The molecule has 1 saturated heterocycles. The van der Waals surface area contributed by atoms with Gasteiger partial charge in [0, 0.05) is 0 Å². The van der Waals surface area contributed by atoms with E-state index in [0.29, 0.717) is 30.1 Å². The van der Waals surface area contributed by atoms with Gasteiger partial charge in [-0.3, -0.25) is 4.90 Å². The monoisotopic (exact) mass is 366 g/mol. The van der Waals surface area contributed by atoms with Crippen LogP contribution >= 0.6 is 11.3 Å². The fourth-order valence-corrected chi connectivity index (χ4v) is 4.62. The van der Waals surface area contributed by atoms with Crippen LogP contribution in [0.5, 0.6) is 0 Å². The fraction of sp³-hybridized carbons (Fsp3) is 0.316. The van der Waals surface area contributed by atoms with Crippen LogP contribution in [-0.2, 0) is 6.54 Å². The Morgan fingerprint density at radius 1 is 1.12 bits per heavy atom. The molecule has 4 heterocycles. The molecule has 1 aliphatic rings. The summed E-state index contributed by atoms with van der Waals surface area (Å²) < 4.78 is 12.4. The third kappa shape index (κ3) is 2.93. The van der Waals surface area contributed by atoms with Crippen molar-refractivity contribution < 1.29 is 8.83 Å². The number of nitrogens with zero attached hydrogens (tertiary/aromatic N) is 4. The summed E-state index contributed by atoms with van der Waals surface area (Å²) in [5.74, 6) is 1.65. The second kappa shape index (κ2) is 6.66. The number of piperidine rings is 1. The summed E-state index contributed by atoms with van der Waals surface area (Å²) in [5.41, 5.74) is 1.08. The summed E-state index contributed by atoms with van der Waals surface area (Å²) >= 11 is 1.79. The molecule has 5 rings (SSSR count). The second-order valence-corrected chi connectivity index (χ2v) is 7.54. The van der Waals surface area contributed by atoms with E-state index in [9.17, 15) is 0 Å². The number of rotatable bonds is 4. The molecule has 0 N–H and O–H groups in total. The topological polar surface area (TPSA) is 68.2 Å². The lowest BCUT2D eigenvalue weighted by atomic mass is 10.0. The van der Waals surface area contributed by atoms with Gasteiger partial charge in [0.05, 0.1) is 29.1 Å². The van der Waals surface area contributed by atoms with E-state index >= 15 is 0 Å². The third-order valence-corrected chi connectivity index (χ3v) is 5.88. The van der Waals surface area contributed by atoms with Gasteiger partial charge in [-0.2, -0.15) is 0 Å². The summed E-state index contributed by atoms with van der Waals surface area (Å²) in [6.45, 7) is 1.65. The summed E-state index contributed by atoms with van der Waals surface area (Å²) in [6, 6.07) is 12.3. The highest BCUT2D eigenvalue weighted by molar-refractivity contribution is 7.18. The predicted octanol–water partition coefficient (Wildman–Crippen LogP) is 4.67. The van der Waals surface area contributed by atoms with Crippen molar-refractivity contribution >= 4 is 21.6 Å². The molecule has 1 aliphatic heterocycles. The molecule has 7 heteroatoms. The van der Waals surface area contributed by atoms with E-state index < -0.39 is 0 Å². The molecule has 6 nitrogen and oxygen atoms in total. The molecule has 3 aromatic heterocycles. The highest BCUT2D eigenvalue weighted by Crippen LogP contribution is 2.36. The number of para-hydroxylation sites is 1. The molecule has 26 heavy (non-hydrogen) atoms. The number of likely N-dealkylation sites (tertiary alicyclic amines) is 1. The Morgan fingerprint density at radius 2 is 2.08 bits per heavy atom. The average molecular weight is 366 g/mol. The van der Waals surface area contributed by atoms with Crippen LogP contribution in [0.3, 0.4) is 0 Å². The van der Waals surface area contributed by atoms with E-state index in [0.717, 1.165) is 18.5 Å². The maximum Gasteiger partial charge on any atom is 0.283 e. The molecule has 1 aromatic carbocycles. The zero-order valence-corrected chi connectivity index (χ0v) is 15.0. The van der Waals surface area contributed by atoms with Gasteiger partial charge in [-0.05, 0) is 43.7 Å². The first-order chi connectivity index (χ1) is 12.9. The van der Waals surface area contributed by atoms with Crippen LogP contribution in [-0.4, -0.2) is 26.6 Å². The summed E-state index contributed by atoms with van der Waals surface area (Å²) in [5, 5.41) is 9.49. The first-order valence-electron chi connectivity index (χ1n) is 8.82. The highest BCUT2D eigenvalue weighted by atomic mass is 32.1. The highest BCUT2D eigenvalue weighted by Gasteiger charge is 2.28. The van der Waals surface area contributed by atoms with E-state index in [1.54, 1.807) is 17.6 Å². The Balaban J connectivity index is 1.39. The van der Waals surface area contributed by atoms with E-state index in [1.807, 2.05) is 18.2 Å². The molecule has 0 spiro atoms. The van der Waals surface area contributed by atoms with Crippen molar-refractivity contribution in [3.63, 3.8) is 0 Å². The molecule has 132 valence electrons. The largest absolute Gasteiger partial charge is 0.459 e. The van der Waals surface area contributed by atoms with Crippen LogP contribution in [0.4, 0.5) is 0 Å². The predicted molar refractivity (Wildman–Crippen MR) is 98.6 cm³/mol. The van der Waals surface area contributed by atoms with Gasteiger partial charge in [0.2, 0.25) is 5.89 Å². The van der Waals surface area contributed by atoms with Crippen molar-refractivity contribution in [2.75, 3.05) is 6.54 Å². The SMILES string of the molecule is c1coc(-c2nnc(CN3CCCC[C@H]3c3nc4ccccc4s3)o2)c1. The smallest absolute Gasteiger partial charge is 0.283 e. The van der Waals surface area contributed by atoms with E-state index in [4.69, 9.17) is 13.8 Å². The zero-order chi connectivity index (χ0) is 17.3. The van der Waals surface area contributed by atoms with E-state index in [2.05, 4.69) is 33.3 Å². The Hall–Kier alpha value is -2.51. The Labute approximate surface area is 154 Å². The van der Waals surface area contributed by atoms with Gasteiger partial charge in [-0.15, -0.1) is 21.5 Å². The van der Waals surface area contributed by atoms with Crippen LogP contribution in [0, 0.1) is 0 Å². The number of thiazole rings is 1. The first-order valence-corrected chi connectivity index (χ1v) is 9.64. The number of aromatic nitrogens is 3. The third-order valence-electron chi connectivity index (χ3n) is 4.75. The van der Waals surface area contributed by atoms with Crippen molar-refractivity contribution in [1.82, 2.24) is 20.1 Å². The summed E-state index contributed by atoms with van der Waals surface area (Å²) in [4.78, 5) is 7.27. The van der Waals surface area contributed by atoms with Gasteiger partial charge in [0.15, 0.2) is 5.76 Å². The van der Waals surface area contributed by atoms with Crippen molar-refractivity contribution in [2.24, 2.45) is 0 Å². The molecule has 0 bridgehead atoms. The van der Waals surface area contributed by atoms with Gasteiger partial charge in [-0.25, -0.2) is 4.98 Å². The molecule has 0 amide bonds. The maximum absolute atomic E-state index is 5.80. The lowest BCUT2D eigenvalue weighted by Crippen LogP contribution is -2.33. The van der Waals surface area contributed by atoms with Gasteiger partial charge < -0.3 is 8.83 Å². The molecular formula is C19H18N4O2S. The zero-order valence-electron chi connectivity index (χ0n) is 14.2. The number of fused-ring (bicyclic) bond motifs is 1. The molecule has 1 fully saturated rings. The second-order valence-electron chi connectivity index (χ2n) is 6.48. The molecule has 1 atom stereocenters. The minimum Gasteiger partial charge on any atom is -0.459 e. The number of hydrogen-bond acceptors (Lipinski definition) is 7. The van der Waals surface area contributed by atoms with Crippen LogP contribution in [0.15, 0.2) is 51.5 Å². The van der Waals surface area contributed by atoms with Gasteiger partial charge >= 0.3 is 0 Å². The minimum atomic E-state index is 0.306. The molecule has 0 unspecified atom stereocenters. The molecular weight excluding hydrogens is 348 g/mol. The van der Waals surface area contributed by atoms with Gasteiger partial charge in [0.1, 0.15) is 5.01 Å². The number of hydrogen-bond donors (Lipinski definition) is 0. The Morgan fingerprint density at radius 3 is 2.96 bits per heavy atom. The lowest BCUT2D eigenvalue weighted by Gasteiger charge is -2.33. The van der Waals surface area contributed by atoms with Crippen molar-refractivity contribution in [3.05, 3.63) is 53.6 Å². The van der Waals surface area contributed by atoms with Crippen molar-refractivity contribution in [1.29, 1.82) is 0 Å². The molecule has 0 aliphatic carbocycles. The Bertz CT molecular complexity index is 975.